The Morgan fingerprint density at radius 1 is 1.26 bits per heavy atom. The smallest absolute Gasteiger partial charge is 0.226 e. The summed E-state index contributed by atoms with van der Waals surface area (Å²) in [5, 5.41) is 0. The second-order valence-corrected chi connectivity index (χ2v) is 7.48. The van der Waals surface area contributed by atoms with Crippen molar-refractivity contribution in [3.8, 4) is 5.75 Å². The van der Waals surface area contributed by atoms with Crippen LogP contribution in [0.4, 0.5) is 0 Å². The minimum Gasteiger partial charge on any atom is -0.496 e. The molecule has 0 N–H and O–H groups in total. The highest BCUT2D eigenvalue weighted by molar-refractivity contribution is 9.10. The molecule has 5 heteroatoms. The van der Waals surface area contributed by atoms with Crippen molar-refractivity contribution in [2.75, 3.05) is 33.3 Å². The van der Waals surface area contributed by atoms with Crippen molar-refractivity contribution in [2.24, 2.45) is 5.92 Å². The zero-order valence-electron chi connectivity index (χ0n) is 13.8. The molecule has 2 heterocycles. The highest BCUT2D eigenvalue weighted by Gasteiger charge is 2.30. The van der Waals surface area contributed by atoms with Crippen LogP contribution in [0.5, 0.6) is 5.75 Å². The molecule has 1 aromatic carbocycles. The third kappa shape index (κ3) is 4.07. The molecule has 0 saturated carbocycles. The summed E-state index contributed by atoms with van der Waals surface area (Å²) in [5.74, 6) is 1.45. The maximum atomic E-state index is 12.6. The number of hydrogen-bond donors (Lipinski definition) is 0. The van der Waals surface area contributed by atoms with Gasteiger partial charge in [-0.25, -0.2) is 0 Å². The number of hydrogen-bond acceptors (Lipinski definition) is 3. The summed E-state index contributed by atoms with van der Waals surface area (Å²) in [6, 6.07) is 6.11. The van der Waals surface area contributed by atoms with Crippen LogP contribution in [0.3, 0.4) is 0 Å². The Morgan fingerprint density at radius 2 is 2.04 bits per heavy atom. The number of carbonyl (C=O) groups excluding carboxylic acids is 1. The highest BCUT2D eigenvalue weighted by atomic mass is 79.9. The van der Waals surface area contributed by atoms with E-state index in [0.29, 0.717) is 5.91 Å². The van der Waals surface area contributed by atoms with E-state index in [1.807, 2.05) is 12.1 Å². The fourth-order valence-electron chi connectivity index (χ4n) is 3.71. The molecule has 2 fully saturated rings. The van der Waals surface area contributed by atoms with Gasteiger partial charge in [0.2, 0.25) is 5.91 Å². The average Bonchev–Trinajstić information content (AvgIpc) is 3.09. The fourth-order valence-corrected chi connectivity index (χ4v) is 4.12. The monoisotopic (exact) mass is 380 g/mol. The standard InChI is InChI=1S/C18H25BrN2O2/c1-23-17-7-6-16(19)11-15(17)13-20-8-4-5-14(12-20)18(22)21-9-2-3-10-21/h6-7,11,14H,2-5,8-10,12-13H2,1H3/t14-/m1/s1. The molecular weight excluding hydrogens is 356 g/mol. The van der Waals surface area contributed by atoms with E-state index in [9.17, 15) is 4.79 Å². The SMILES string of the molecule is COc1ccc(Br)cc1CN1CCC[C@@H](C(=O)N2CCCC2)C1. The van der Waals surface area contributed by atoms with Crippen molar-refractivity contribution < 1.29 is 9.53 Å². The minimum absolute atomic E-state index is 0.167. The van der Waals surface area contributed by atoms with Crippen LogP contribution in [0.2, 0.25) is 0 Å². The molecule has 23 heavy (non-hydrogen) atoms. The van der Waals surface area contributed by atoms with E-state index in [-0.39, 0.29) is 5.92 Å². The largest absolute Gasteiger partial charge is 0.496 e. The quantitative estimate of drug-likeness (QED) is 0.803. The lowest BCUT2D eigenvalue weighted by Crippen LogP contribution is -2.43. The first kappa shape index (κ1) is 16.8. The van der Waals surface area contributed by atoms with Gasteiger partial charge in [-0.3, -0.25) is 9.69 Å². The molecule has 1 atom stereocenters. The molecule has 0 radical (unpaired) electrons. The molecule has 2 aliphatic heterocycles. The predicted octanol–water partition coefficient (Wildman–Crippen LogP) is 3.29. The molecule has 2 saturated heterocycles. The van der Waals surface area contributed by atoms with Crippen molar-refractivity contribution in [1.82, 2.24) is 9.80 Å². The summed E-state index contributed by atoms with van der Waals surface area (Å²) >= 11 is 3.54. The second-order valence-electron chi connectivity index (χ2n) is 6.56. The third-order valence-electron chi connectivity index (χ3n) is 4.91. The number of rotatable bonds is 4. The van der Waals surface area contributed by atoms with Crippen molar-refractivity contribution >= 4 is 21.8 Å². The van der Waals surface area contributed by atoms with Crippen LogP contribution in [0.25, 0.3) is 0 Å². The summed E-state index contributed by atoms with van der Waals surface area (Å²) in [6.07, 6.45) is 4.46. The zero-order valence-corrected chi connectivity index (χ0v) is 15.3. The van der Waals surface area contributed by atoms with Gasteiger partial charge in [0, 0.05) is 36.2 Å². The number of piperidine rings is 1. The van der Waals surface area contributed by atoms with Crippen LogP contribution < -0.4 is 4.74 Å². The second kappa shape index (κ2) is 7.67. The van der Waals surface area contributed by atoms with Gasteiger partial charge in [0.05, 0.1) is 13.0 Å². The van der Waals surface area contributed by atoms with Gasteiger partial charge in [-0.2, -0.15) is 0 Å². The van der Waals surface area contributed by atoms with Gasteiger partial charge < -0.3 is 9.64 Å². The first-order valence-corrected chi connectivity index (χ1v) is 9.30. The van der Waals surface area contributed by atoms with Crippen LogP contribution in [0.1, 0.15) is 31.2 Å². The molecule has 0 unspecified atom stereocenters. The number of ether oxygens (including phenoxy) is 1. The van der Waals surface area contributed by atoms with Crippen LogP contribution in [-0.2, 0) is 11.3 Å². The molecular formula is C18H25BrN2O2. The van der Waals surface area contributed by atoms with Gasteiger partial charge >= 0.3 is 0 Å². The number of methoxy groups -OCH3 is 1. The number of amides is 1. The van der Waals surface area contributed by atoms with Crippen LogP contribution in [0, 0.1) is 5.92 Å². The Bertz CT molecular complexity index is 558. The number of likely N-dealkylation sites (tertiary alicyclic amines) is 2. The number of halogens is 1. The molecule has 0 aliphatic carbocycles. The van der Waals surface area contributed by atoms with E-state index >= 15 is 0 Å². The van der Waals surface area contributed by atoms with E-state index in [2.05, 4.69) is 31.8 Å². The van der Waals surface area contributed by atoms with E-state index in [1.54, 1.807) is 7.11 Å². The predicted molar refractivity (Wildman–Crippen MR) is 94.5 cm³/mol. The Labute approximate surface area is 146 Å². The molecule has 0 bridgehead atoms. The summed E-state index contributed by atoms with van der Waals surface area (Å²) in [5.41, 5.74) is 1.18. The molecule has 1 amide bonds. The normalized spacial score (nSPS) is 22.3. The van der Waals surface area contributed by atoms with Gasteiger partial charge in [0.1, 0.15) is 5.75 Å². The average molecular weight is 381 g/mol. The maximum Gasteiger partial charge on any atom is 0.226 e. The molecule has 2 aliphatic rings. The van der Waals surface area contributed by atoms with Crippen LogP contribution in [0.15, 0.2) is 22.7 Å². The number of carbonyl (C=O) groups is 1. The number of benzene rings is 1. The van der Waals surface area contributed by atoms with Crippen molar-refractivity contribution in [3.63, 3.8) is 0 Å². The summed E-state index contributed by atoms with van der Waals surface area (Å²) in [6.45, 7) is 4.67. The number of nitrogens with zero attached hydrogens (tertiary/aromatic N) is 2. The summed E-state index contributed by atoms with van der Waals surface area (Å²) in [7, 11) is 1.71. The van der Waals surface area contributed by atoms with Crippen LogP contribution >= 0.6 is 15.9 Å². The topological polar surface area (TPSA) is 32.8 Å². The van der Waals surface area contributed by atoms with Gasteiger partial charge in [0.15, 0.2) is 0 Å². The lowest BCUT2D eigenvalue weighted by Gasteiger charge is -2.34. The Morgan fingerprint density at radius 3 is 2.78 bits per heavy atom. The Balaban J connectivity index is 1.64. The van der Waals surface area contributed by atoms with Gasteiger partial charge in [-0.1, -0.05) is 15.9 Å². The van der Waals surface area contributed by atoms with Gasteiger partial charge in [-0.05, 0) is 50.4 Å². The molecule has 0 spiro atoms. The molecule has 0 aromatic heterocycles. The molecule has 126 valence electrons. The zero-order chi connectivity index (χ0) is 16.2. The maximum absolute atomic E-state index is 12.6. The third-order valence-corrected chi connectivity index (χ3v) is 5.40. The Hall–Kier alpha value is -1.07. The lowest BCUT2D eigenvalue weighted by atomic mass is 9.96. The van der Waals surface area contributed by atoms with Crippen LogP contribution in [-0.4, -0.2) is 49.0 Å². The molecule has 3 rings (SSSR count). The first-order valence-electron chi connectivity index (χ1n) is 8.51. The van der Waals surface area contributed by atoms with Crippen molar-refractivity contribution in [2.45, 2.75) is 32.2 Å². The first-order chi connectivity index (χ1) is 11.2. The van der Waals surface area contributed by atoms with E-state index < -0.39 is 0 Å². The van der Waals surface area contributed by atoms with E-state index in [1.165, 1.54) is 5.56 Å². The minimum atomic E-state index is 0.167. The summed E-state index contributed by atoms with van der Waals surface area (Å²) < 4.78 is 6.54. The van der Waals surface area contributed by atoms with Gasteiger partial charge in [0.25, 0.3) is 0 Å². The highest BCUT2D eigenvalue weighted by Crippen LogP contribution is 2.27. The summed E-state index contributed by atoms with van der Waals surface area (Å²) in [4.78, 5) is 17.1. The van der Waals surface area contributed by atoms with Gasteiger partial charge in [-0.15, -0.1) is 0 Å². The van der Waals surface area contributed by atoms with E-state index in [0.717, 1.165) is 68.6 Å². The fraction of sp³-hybridized carbons (Fsp3) is 0.611. The lowest BCUT2D eigenvalue weighted by molar-refractivity contribution is -0.136. The van der Waals surface area contributed by atoms with Crippen molar-refractivity contribution in [3.05, 3.63) is 28.2 Å². The Kier molecular flexibility index (Phi) is 5.59. The molecule has 1 aromatic rings. The van der Waals surface area contributed by atoms with E-state index in [4.69, 9.17) is 4.74 Å². The molecule has 4 nitrogen and oxygen atoms in total. The van der Waals surface area contributed by atoms with Crippen molar-refractivity contribution in [1.29, 1.82) is 0 Å².